The summed E-state index contributed by atoms with van der Waals surface area (Å²) < 4.78 is 5.58. The van der Waals surface area contributed by atoms with Gasteiger partial charge in [0.1, 0.15) is 5.75 Å². The van der Waals surface area contributed by atoms with E-state index in [9.17, 15) is 4.79 Å². The Hall–Kier alpha value is -1.51. The highest BCUT2D eigenvalue weighted by atomic mass is 16.5. The maximum atomic E-state index is 11.8. The fourth-order valence-electron chi connectivity index (χ4n) is 2.60. The van der Waals surface area contributed by atoms with E-state index >= 15 is 0 Å². The molecular weight excluding hydrogens is 238 g/mol. The van der Waals surface area contributed by atoms with Crippen LogP contribution in [-0.2, 0) is 4.79 Å². The van der Waals surface area contributed by atoms with E-state index in [2.05, 4.69) is 12.2 Å². The molecule has 19 heavy (non-hydrogen) atoms. The van der Waals surface area contributed by atoms with Crippen molar-refractivity contribution in [3.8, 4) is 5.75 Å². The minimum absolute atomic E-state index is 0.103. The van der Waals surface area contributed by atoms with Crippen molar-refractivity contribution in [2.75, 3.05) is 6.61 Å². The highest BCUT2D eigenvalue weighted by Gasteiger charge is 2.22. The van der Waals surface area contributed by atoms with Crippen molar-refractivity contribution in [3.05, 3.63) is 29.8 Å². The van der Waals surface area contributed by atoms with Gasteiger partial charge in [0, 0.05) is 6.04 Å². The van der Waals surface area contributed by atoms with Crippen LogP contribution in [0, 0.1) is 12.8 Å². The van der Waals surface area contributed by atoms with E-state index in [0.717, 1.165) is 24.5 Å². The maximum absolute atomic E-state index is 11.8. The van der Waals surface area contributed by atoms with Gasteiger partial charge in [-0.1, -0.05) is 19.1 Å². The summed E-state index contributed by atoms with van der Waals surface area (Å²) in [5.41, 5.74) is 1.17. The third-order valence-electron chi connectivity index (χ3n) is 3.65. The zero-order valence-corrected chi connectivity index (χ0v) is 11.8. The molecule has 3 nitrogen and oxygen atoms in total. The molecule has 0 bridgehead atoms. The van der Waals surface area contributed by atoms with Crippen molar-refractivity contribution in [2.24, 2.45) is 5.92 Å². The van der Waals surface area contributed by atoms with Crippen molar-refractivity contribution < 1.29 is 9.53 Å². The molecule has 3 heteroatoms. The summed E-state index contributed by atoms with van der Waals surface area (Å²) in [6.45, 7) is 4.71. The molecule has 2 rings (SSSR count). The van der Waals surface area contributed by atoms with Gasteiger partial charge in [-0.25, -0.2) is 0 Å². The lowest BCUT2D eigenvalue weighted by Crippen LogP contribution is -2.33. The Kier molecular flexibility index (Phi) is 4.83. The lowest BCUT2D eigenvalue weighted by molar-refractivity contribution is -0.122. The molecule has 0 heterocycles. The van der Waals surface area contributed by atoms with Crippen LogP contribution in [0.2, 0.25) is 0 Å². The Bertz CT molecular complexity index is 431. The van der Waals surface area contributed by atoms with E-state index in [-0.39, 0.29) is 5.91 Å². The zero-order chi connectivity index (χ0) is 13.7. The SMILES string of the molecule is Cc1cccc(OCCC(=O)NC2CCC(C)C2)c1. The second-order valence-corrected chi connectivity index (χ2v) is 5.60. The van der Waals surface area contributed by atoms with E-state index in [1.165, 1.54) is 12.0 Å². The summed E-state index contributed by atoms with van der Waals surface area (Å²) in [6, 6.07) is 8.27. The average Bonchev–Trinajstić information content (AvgIpc) is 2.75. The molecule has 1 saturated carbocycles. The molecule has 0 aliphatic heterocycles. The van der Waals surface area contributed by atoms with Crippen LogP contribution in [0.3, 0.4) is 0 Å². The number of hydrogen-bond acceptors (Lipinski definition) is 2. The van der Waals surface area contributed by atoms with Crippen molar-refractivity contribution in [3.63, 3.8) is 0 Å². The number of carbonyl (C=O) groups excluding carboxylic acids is 1. The number of carbonyl (C=O) groups is 1. The minimum atomic E-state index is 0.103. The van der Waals surface area contributed by atoms with Gasteiger partial charge in [-0.05, 0) is 49.8 Å². The predicted molar refractivity (Wildman–Crippen MR) is 76.2 cm³/mol. The Morgan fingerprint density at radius 2 is 2.26 bits per heavy atom. The van der Waals surface area contributed by atoms with Crippen LogP contribution in [0.4, 0.5) is 0 Å². The van der Waals surface area contributed by atoms with Crippen LogP contribution in [0.15, 0.2) is 24.3 Å². The van der Waals surface area contributed by atoms with E-state index < -0.39 is 0 Å². The normalized spacial score (nSPS) is 22.2. The Morgan fingerprint density at radius 1 is 1.42 bits per heavy atom. The van der Waals surface area contributed by atoms with Crippen molar-refractivity contribution >= 4 is 5.91 Å². The van der Waals surface area contributed by atoms with Crippen LogP contribution in [0.5, 0.6) is 5.75 Å². The second-order valence-electron chi connectivity index (χ2n) is 5.60. The first kappa shape index (κ1) is 13.9. The summed E-state index contributed by atoms with van der Waals surface area (Å²) in [5, 5.41) is 3.09. The van der Waals surface area contributed by atoms with Gasteiger partial charge in [-0.15, -0.1) is 0 Å². The van der Waals surface area contributed by atoms with Crippen molar-refractivity contribution in [2.45, 2.75) is 45.6 Å². The molecule has 1 aliphatic carbocycles. The van der Waals surface area contributed by atoms with Crippen LogP contribution in [0.25, 0.3) is 0 Å². The number of ether oxygens (including phenoxy) is 1. The van der Waals surface area contributed by atoms with E-state index in [0.29, 0.717) is 19.1 Å². The number of benzene rings is 1. The summed E-state index contributed by atoms with van der Waals surface area (Å²) >= 11 is 0. The molecule has 2 unspecified atom stereocenters. The summed E-state index contributed by atoms with van der Waals surface area (Å²) in [4.78, 5) is 11.8. The molecule has 0 radical (unpaired) electrons. The monoisotopic (exact) mass is 261 g/mol. The average molecular weight is 261 g/mol. The lowest BCUT2D eigenvalue weighted by atomic mass is 10.1. The third kappa shape index (κ3) is 4.58. The first-order valence-electron chi connectivity index (χ1n) is 7.12. The molecule has 1 N–H and O–H groups in total. The molecule has 104 valence electrons. The zero-order valence-electron chi connectivity index (χ0n) is 11.8. The summed E-state index contributed by atoms with van der Waals surface area (Å²) in [7, 11) is 0. The Morgan fingerprint density at radius 3 is 2.95 bits per heavy atom. The van der Waals surface area contributed by atoms with Crippen LogP contribution in [-0.4, -0.2) is 18.6 Å². The van der Waals surface area contributed by atoms with Crippen LogP contribution >= 0.6 is 0 Å². The molecule has 2 atom stereocenters. The molecule has 1 fully saturated rings. The second kappa shape index (κ2) is 6.60. The molecule has 1 aromatic carbocycles. The largest absolute Gasteiger partial charge is 0.493 e. The van der Waals surface area contributed by atoms with Gasteiger partial charge in [0.25, 0.3) is 0 Å². The van der Waals surface area contributed by atoms with Gasteiger partial charge in [0.15, 0.2) is 0 Å². The smallest absolute Gasteiger partial charge is 0.223 e. The topological polar surface area (TPSA) is 38.3 Å². The number of nitrogens with one attached hydrogen (secondary N) is 1. The van der Waals surface area contributed by atoms with Crippen molar-refractivity contribution in [1.29, 1.82) is 0 Å². The van der Waals surface area contributed by atoms with Gasteiger partial charge in [-0.3, -0.25) is 4.79 Å². The fourth-order valence-corrected chi connectivity index (χ4v) is 2.60. The maximum Gasteiger partial charge on any atom is 0.223 e. The molecule has 0 spiro atoms. The molecule has 1 aromatic rings. The van der Waals surface area contributed by atoms with E-state index in [1.54, 1.807) is 0 Å². The van der Waals surface area contributed by atoms with Crippen LogP contribution < -0.4 is 10.1 Å². The first-order chi connectivity index (χ1) is 9.13. The van der Waals surface area contributed by atoms with Gasteiger partial charge in [0.2, 0.25) is 5.91 Å². The number of rotatable bonds is 5. The van der Waals surface area contributed by atoms with Gasteiger partial charge in [-0.2, -0.15) is 0 Å². The van der Waals surface area contributed by atoms with Gasteiger partial charge >= 0.3 is 0 Å². The minimum Gasteiger partial charge on any atom is -0.493 e. The highest BCUT2D eigenvalue weighted by Crippen LogP contribution is 2.24. The van der Waals surface area contributed by atoms with Gasteiger partial charge in [0.05, 0.1) is 13.0 Å². The van der Waals surface area contributed by atoms with Crippen molar-refractivity contribution in [1.82, 2.24) is 5.32 Å². The van der Waals surface area contributed by atoms with E-state index in [1.807, 2.05) is 31.2 Å². The lowest BCUT2D eigenvalue weighted by Gasteiger charge is -2.12. The van der Waals surface area contributed by atoms with Gasteiger partial charge < -0.3 is 10.1 Å². The Labute approximate surface area is 115 Å². The highest BCUT2D eigenvalue weighted by molar-refractivity contribution is 5.76. The number of hydrogen-bond donors (Lipinski definition) is 1. The molecule has 0 saturated heterocycles. The Balaban J connectivity index is 1.66. The molecule has 1 amide bonds. The summed E-state index contributed by atoms with van der Waals surface area (Å²) in [5.74, 6) is 1.68. The standard InChI is InChI=1S/C16H23NO2/c1-12-4-3-5-15(11-12)19-9-8-16(18)17-14-7-6-13(2)10-14/h3-5,11,13-14H,6-10H2,1-2H3,(H,17,18). The first-order valence-corrected chi connectivity index (χ1v) is 7.12. The molecular formula is C16H23NO2. The fraction of sp³-hybridized carbons (Fsp3) is 0.562. The summed E-state index contributed by atoms with van der Waals surface area (Å²) in [6.07, 6.45) is 3.89. The predicted octanol–water partition coefficient (Wildman–Crippen LogP) is 3.07. The molecule has 0 aromatic heterocycles. The quantitative estimate of drug-likeness (QED) is 0.884. The number of amides is 1. The molecule has 1 aliphatic rings. The van der Waals surface area contributed by atoms with Crippen LogP contribution in [0.1, 0.15) is 38.2 Å². The third-order valence-corrected chi connectivity index (χ3v) is 3.65. The number of aryl methyl sites for hydroxylation is 1. The van der Waals surface area contributed by atoms with E-state index in [4.69, 9.17) is 4.74 Å².